The first-order valence-corrected chi connectivity index (χ1v) is 6.00. The molecule has 1 N–H and O–H groups in total. The van der Waals surface area contributed by atoms with Gasteiger partial charge in [0.15, 0.2) is 11.5 Å². The summed E-state index contributed by atoms with van der Waals surface area (Å²) in [7, 11) is 0. The van der Waals surface area contributed by atoms with Crippen molar-refractivity contribution in [2.45, 2.75) is 32.3 Å². The van der Waals surface area contributed by atoms with E-state index in [-0.39, 0.29) is 12.9 Å². The molecule has 0 saturated carbocycles. The van der Waals surface area contributed by atoms with Crippen LogP contribution in [0.1, 0.15) is 26.2 Å². The summed E-state index contributed by atoms with van der Waals surface area (Å²) < 4.78 is 16.1. The zero-order valence-electron chi connectivity index (χ0n) is 10.0. The van der Waals surface area contributed by atoms with Gasteiger partial charge in [0, 0.05) is 6.07 Å². The van der Waals surface area contributed by atoms with Crippen LogP contribution in [0.2, 0.25) is 0 Å². The number of rotatable bonds is 6. The standard InChI is InChI=1S/C13H18O4/c1-2-10(14)4-3-7-15-11-5-6-12-13(8-11)17-9-16-12/h5-6,8,10,14H,2-4,7,9H2,1H3. The van der Waals surface area contributed by atoms with Gasteiger partial charge in [-0.3, -0.25) is 0 Å². The molecule has 2 rings (SSSR count). The van der Waals surface area contributed by atoms with Crippen molar-refractivity contribution < 1.29 is 19.3 Å². The SMILES string of the molecule is CCC(O)CCCOc1ccc2c(c1)OCO2. The molecular formula is C13H18O4. The third kappa shape index (κ3) is 3.27. The Labute approximate surface area is 101 Å². The molecule has 1 aromatic carbocycles. The molecule has 0 aliphatic carbocycles. The van der Waals surface area contributed by atoms with Crippen LogP contribution in [-0.4, -0.2) is 24.6 Å². The molecule has 0 amide bonds. The summed E-state index contributed by atoms with van der Waals surface area (Å²) in [6.45, 7) is 2.86. The van der Waals surface area contributed by atoms with Crippen LogP contribution in [0.5, 0.6) is 17.2 Å². The van der Waals surface area contributed by atoms with Crippen molar-refractivity contribution in [1.29, 1.82) is 0 Å². The van der Waals surface area contributed by atoms with E-state index in [4.69, 9.17) is 14.2 Å². The van der Waals surface area contributed by atoms with Gasteiger partial charge in [-0.2, -0.15) is 0 Å². The minimum atomic E-state index is -0.213. The Bertz CT molecular complexity index is 364. The normalized spacial score (nSPS) is 14.7. The summed E-state index contributed by atoms with van der Waals surface area (Å²) in [5.41, 5.74) is 0. The zero-order valence-corrected chi connectivity index (χ0v) is 10.0. The molecule has 1 aliphatic rings. The molecule has 17 heavy (non-hydrogen) atoms. The van der Waals surface area contributed by atoms with Gasteiger partial charge in [-0.15, -0.1) is 0 Å². The monoisotopic (exact) mass is 238 g/mol. The lowest BCUT2D eigenvalue weighted by molar-refractivity contribution is 0.148. The number of benzene rings is 1. The molecule has 0 fully saturated rings. The first-order valence-electron chi connectivity index (χ1n) is 6.00. The van der Waals surface area contributed by atoms with E-state index in [1.54, 1.807) is 0 Å². The first-order chi connectivity index (χ1) is 8.29. The maximum atomic E-state index is 9.39. The van der Waals surface area contributed by atoms with Gasteiger partial charge >= 0.3 is 0 Å². The fourth-order valence-electron chi connectivity index (χ4n) is 1.68. The number of ether oxygens (including phenoxy) is 3. The van der Waals surface area contributed by atoms with Gasteiger partial charge in [0.05, 0.1) is 12.7 Å². The molecule has 0 aromatic heterocycles. The van der Waals surface area contributed by atoms with Crippen molar-refractivity contribution in [1.82, 2.24) is 0 Å². The van der Waals surface area contributed by atoms with Gasteiger partial charge in [0.25, 0.3) is 0 Å². The largest absolute Gasteiger partial charge is 0.493 e. The van der Waals surface area contributed by atoms with Crippen LogP contribution in [0.15, 0.2) is 18.2 Å². The van der Waals surface area contributed by atoms with E-state index in [1.165, 1.54) is 0 Å². The Kier molecular flexibility index (Phi) is 4.09. The summed E-state index contributed by atoms with van der Waals surface area (Å²) in [6.07, 6.45) is 2.21. The molecule has 0 radical (unpaired) electrons. The predicted octanol–water partition coefficient (Wildman–Crippen LogP) is 2.35. The molecule has 0 spiro atoms. The van der Waals surface area contributed by atoms with Crippen LogP contribution in [0, 0.1) is 0 Å². The summed E-state index contributed by atoms with van der Waals surface area (Å²) in [6, 6.07) is 5.54. The van der Waals surface area contributed by atoms with Crippen molar-refractivity contribution in [2.75, 3.05) is 13.4 Å². The van der Waals surface area contributed by atoms with Crippen LogP contribution in [0.4, 0.5) is 0 Å². The molecule has 4 nitrogen and oxygen atoms in total. The van der Waals surface area contributed by atoms with Crippen molar-refractivity contribution in [3.8, 4) is 17.2 Å². The van der Waals surface area contributed by atoms with E-state index >= 15 is 0 Å². The predicted molar refractivity (Wildman–Crippen MR) is 63.6 cm³/mol. The maximum Gasteiger partial charge on any atom is 0.231 e. The number of fused-ring (bicyclic) bond motifs is 1. The van der Waals surface area contributed by atoms with Crippen LogP contribution < -0.4 is 14.2 Å². The van der Waals surface area contributed by atoms with Gasteiger partial charge in [-0.05, 0) is 31.4 Å². The average molecular weight is 238 g/mol. The van der Waals surface area contributed by atoms with E-state index in [0.717, 1.165) is 36.5 Å². The van der Waals surface area contributed by atoms with Gasteiger partial charge in [-0.1, -0.05) is 6.92 Å². The van der Waals surface area contributed by atoms with E-state index in [1.807, 2.05) is 25.1 Å². The lowest BCUT2D eigenvalue weighted by Crippen LogP contribution is -2.07. The van der Waals surface area contributed by atoms with Crippen molar-refractivity contribution >= 4 is 0 Å². The molecule has 1 heterocycles. The molecule has 4 heteroatoms. The highest BCUT2D eigenvalue weighted by molar-refractivity contribution is 5.46. The minimum absolute atomic E-state index is 0.213. The van der Waals surface area contributed by atoms with E-state index in [2.05, 4.69) is 0 Å². The van der Waals surface area contributed by atoms with Crippen molar-refractivity contribution in [2.24, 2.45) is 0 Å². The number of aliphatic hydroxyl groups is 1. The highest BCUT2D eigenvalue weighted by Gasteiger charge is 2.13. The summed E-state index contributed by atoms with van der Waals surface area (Å²) >= 11 is 0. The smallest absolute Gasteiger partial charge is 0.231 e. The van der Waals surface area contributed by atoms with E-state index in [9.17, 15) is 5.11 Å². The van der Waals surface area contributed by atoms with Gasteiger partial charge in [-0.25, -0.2) is 0 Å². The van der Waals surface area contributed by atoms with Crippen LogP contribution in [-0.2, 0) is 0 Å². The second-order valence-electron chi connectivity index (χ2n) is 4.07. The molecule has 1 aromatic rings. The van der Waals surface area contributed by atoms with Crippen LogP contribution in [0.25, 0.3) is 0 Å². The van der Waals surface area contributed by atoms with Crippen LogP contribution in [0.3, 0.4) is 0 Å². The third-order valence-corrected chi connectivity index (χ3v) is 2.77. The highest BCUT2D eigenvalue weighted by atomic mass is 16.7. The van der Waals surface area contributed by atoms with E-state index in [0.29, 0.717) is 6.61 Å². The Morgan fingerprint density at radius 2 is 2.18 bits per heavy atom. The zero-order chi connectivity index (χ0) is 12.1. The highest BCUT2D eigenvalue weighted by Crippen LogP contribution is 2.35. The molecule has 0 saturated heterocycles. The fourth-order valence-corrected chi connectivity index (χ4v) is 1.68. The number of aliphatic hydroxyl groups excluding tert-OH is 1. The molecule has 1 unspecified atom stereocenters. The molecule has 0 bridgehead atoms. The summed E-state index contributed by atoms with van der Waals surface area (Å²) in [4.78, 5) is 0. The average Bonchev–Trinajstić information content (AvgIpc) is 2.81. The fraction of sp³-hybridized carbons (Fsp3) is 0.538. The first kappa shape index (κ1) is 12.0. The molecular weight excluding hydrogens is 220 g/mol. The van der Waals surface area contributed by atoms with Crippen LogP contribution >= 0.6 is 0 Å². The lowest BCUT2D eigenvalue weighted by Gasteiger charge is -2.09. The van der Waals surface area contributed by atoms with Crippen molar-refractivity contribution in [3.05, 3.63) is 18.2 Å². The molecule has 94 valence electrons. The van der Waals surface area contributed by atoms with E-state index < -0.39 is 0 Å². The second kappa shape index (κ2) is 5.77. The van der Waals surface area contributed by atoms with Crippen molar-refractivity contribution in [3.63, 3.8) is 0 Å². The Hall–Kier alpha value is -1.42. The lowest BCUT2D eigenvalue weighted by atomic mass is 10.1. The number of hydrogen-bond donors (Lipinski definition) is 1. The topological polar surface area (TPSA) is 47.9 Å². The van der Waals surface area contributed by atoms with Gasteiger partial charge < -0.3 is 19.3 Å². The quantitative estimate of drug-likeness (QED) is 0.773. The Morgan fingerprint density at radius 1 is 1.35 bits per heavy atom. The van der Waals surface area contributed by atoms with Gasteiger partial charge in [0.2, 0.25) is 6.79 Å². The molecule has 1 aliphatic heterocycles. The third-order valence-electron chi connectivity index (χ3n) is 2.77. The Morgan fingerprint density at radius 3 is 3.00 bits per heavy atom. The summed E-state index contributed by atoms with van der Waals surface area (Å²) in [5, 5.41) is 9.39. The maximum absolute atomic E-state index is 9.39. The summed E-state index contributed by atoms with van der Waals surface area (Å²) in [5.74, 6) is 2.27. The number of hydrogen-bond acceptors (Lipinski definition) is 4. The Balaban J connectivity index is 1.76. The second-order valence-corrected chi connectivity index (χ2v) is 4.07. The minimum Gasteiger partial charge on any atom is -0.493 e. The molecule has 1 atom stereocenters. The van der Waals surface area contributed by atoms with Gasteiger partial charge in [0.1, 0.15) is 5.75 Å².